The van der Waals surface area contributed by atoms with Crippen molar-refractivity contribution >= 4 is 69.6 Å². The number of phenolic OH excluding ortho intramolecular Hbond substituents is 1. The summed E-state index contributed by atoms with van der Waals surface area (Å²) in [6, 6.07) is 16.0. The van der Waals surface area contributed by atoms with E-state index in [0.717, 1.165) is 0 Å². The zero-order valence-electron chi connectivity index (χ0n) is 13.4. The van der Waals surface area contributed by atoms with Gasteiger partial charge in [0.15, 0.2) is 11.5 Å². The Labute approximate surface area is 180 Å². The van der Waals surface area contributed by atoms with Crippen molar-refractivity contribution in [2.75, 3.05) is 0 Å². The summed E-state index contributed by atoms with van der Waals surface area (Å²) in [5, 5.41) is 9.96. The first-order valence-electron chi connectivity index (χ1n) is 7.51. The predicted octanol–water partition coefficient (Wildman–Crippen LogP) is 7.82. The molecule has 0 aromatic heterocycles. The predicted molar refractivity (Wildman–Crippen MR) is 113 cm³/mol. The molecule has 0 spiro atoms. The highest BCUT2D eigenvalue weighted by Gasteiger charge is 2.23. The molecule has 0 unspecified atom stereocenters. The van der Waals surface area contributed by atoms with E-state index in [0.29, 0.717) is 16.3 Å². The highest BCUT2D eigenvalue weighted by atomic mass is 35.5. The number of hydrogen-bond donors (Lipinski definition) is 1. The smallest absolute Gasteiger partial charge is 0.227 e. The number of nitrogens with zero attached hydrogens (tertiary/aromatic N) is 1. The molecule has 0 aliphatic rings. The van der Waals surface area contributed by atoms with Crippen LogP contribution < -0.4 is 4.74 Å². The first kappa shape index (κ1) is 20.1. The Kier molecular flexibility index (Phi) is 6.40. The maximum absolute atomic E-state index is 9.87. The van der Waals surface area contributed by atoms with Crippen LogP contribution in [0.25, 0.3) is 0 Å². The second-order valence-electron chi connectivity index (χ2n) is 5.30. The molecule has 3 aromatic rings. The van der Waals surface area contributed by atoms with Crippen molar-refractivity contribution in [3.8, 4) is 11.5 Å². The van der Waals surface area contributed by atoms with Crippen molar-refractivity contribution in [3.05, 3.63) is 85.3 Å². The third-order valence-electron chi connectivity index (χ3n) is 3.48. The summed E-state index contributed by atoms with van der Waals surface area (Å²) in [6.07, 6.45) is 0. The third kappa shape index (κ3) is 4.45. The van der Waals surface area contributed by atoms with Crippen LogP contribution in [-0.4, -0.2) is 11.0 Å². The molecule has 0 bridgehead atoms. The second-order valence-corrected chi connectivity index (χ2v) is 7.24. The molecule has 3 nitrogen and oxygen atoms in total. The normalized spacial score (nSPS) is 11.5. The zero-order valence-corrected chi connectivity index (χ0v) is 17.2. The summed E-state index contributed by atoms with van der Waals surface area (Å²) >= 11 is 30.3. The highest BCUT2D eigenvalue weighted by molar-refractivity contribution is 6.50. The van der Waals surface area contributed by atoms with Crippen molar-refractivity contribution in [3.63, 3.8) is 0 Å². The standard InChI is InChI=1S/C19H10Cl5NO2/c20-11-6-8-12(9-7-11)25-19(10-4-2-1-3-5-10)27-18-15(23)13(21)17(26)14(22)16(18)24/h1-9,26H. The number of halogens is 5. The molecule has 0 amide bonds. The fourth-order valence-corrected chi connectivity index (χ4v) is 3.17. The monoisotopic (exact) mass is 459 g/mol. The Bertz CT molecular complexity index is 976. The Morgan fingerprint density at radius 1 is 0.741 bits per heavy atom. The molecule has 0 aliphatic heterocycles. The van der Waals surface area contributed by atoms with Gasteiger partial charge >= 0.3 is 0 Å². The molecule has 0 fully saturated rings. The lowest BCUT2D eigenvalue weighted by atomic mass is 10.2. The molecule has 0 aliphatic carbocycles. The van der Waals surface area contributed by atoms with E-state index < -0.39 is 5.75 Å². The van der Waals surface area contributed by atoms with Gasteiger partial charge in [-0.2, -0.15) is 0 Å². The van der Waals surface area contributed by atoms with Crippen LogP contribution in [0.2, 0.25) is 25.1 Å². The van der Waals surface area contributed by atoms with E-state index in [-0.39, 0.29) is 31.7 Å². The Morgan fingerprint density at radius 2 is 1.30 bits per heavy atom. The van der Waals surface area contributed by atoms with Gasteiger partial charge in [0, 0.05) is 10.6 Å². The third-order valence-corrected chi connectivity index (χ3v) is 5.38. The molecule has 8 heteroatoms. The minimum atomic E-state index is -0.420. The van der Waals surface area contributed by atoms with E-state index in [2.05, 4.69) is 4.99 Å². The van der Waals surface area contributed by atoms with E-state index in [1.54, 1.807) is 36.4 Å². The van der Waals surface area contributed by atoms with E-state index in [1.807, 2.05) is 18.2 Å². The van der Waals surface area contributed by atoms with E-state index in [4.69, 9.17) is 62.7 Å². The summed E-state index contributed by atoms with van der Waals surface area (Å²) in [4.78, 5) is 4.50. The molecule has 0 radical (unpaired) electrons. The topological polar surface area (TPSA) is 41.8 Å². The number of hydrogen-bond acceptors (Lipinski definition) is 3. The van der Waals surface area contributed by atoms with Gasteiger partial charge in [0.25, 0.3) is 0 Å². The molecule has 138 valence electrons. The molecule has 0 atom stereocenters. The van der Waals surface area contributed by atoms with Crippen molar-refractivity contribution in [1.29, 1.82) is 0 Å². The maximum atomic E-state index is 9.87. The first-order chi connectivity index (χ1) is 12.9. The van der Waals surface area contributed by atoms with Crippen molar-refractivity contribution in [2.24, 2.45) is 4.99 Å². The minimum absolute atomic E-state index is 0.0114. The Hall–Kier alpha value is -1.62. The molecule has 0 saturated heterocycles. The summed E-state index contributed by atoms with van der Waals surface area (Å²) in [6.45, 7) is 0. The maximum Gasteiger partial charge on any atom is 0.227 e. The molecular weight excluding hydrogens is 451 g/mol. The zero-order chi connectivity index (χ0) is 19.6. The summed E-state index contributed by atoms with van der Waals surface area (Å²) < 4.78 is 5.89. The number of rotatable bonds is 3. The molecule has 3 rings (SSSR count). The lowest BCUT2D eigenvalue weighted by Crippen LogP contribution is -2.11. The van der Waals surface area contributed by atoms with Gasteiger partial charge in [-0.25, -0.2) is 4.99 Å². The Morgan fingerprint density at radius 3 is 1.85 bits per heavy atom. The number of ether oxygens (including phenoxy) is 1. The largest absolute Gasteiger partial charge is 0.505 e. The average Bonchev–Trinajstić information content (AvgIpc) is 2.69. The van der Waals surface area contributed by atoms with Crippen LogP contribution in [0.5, 0.6) is 11.5 Å². The van der Waals surface area contributed by atoms with Gasteiger partial charge in [0.1, 0.15) is 20.1 Å². The van der Waals surface area contributed by atoms with Gasteiger partial charge in [-0.05, 0) is 36.4 Å². The van der Waals surface area contributed by atoms with E-state index >= 15 is 0 Å². The fraction of sp³-hybridized carbons (Fsp3) is 0. The number of benzene rings is 3. The summed E-state index contributed by atoms with van der Waals surface area (Å²) in [7, 11) is 0. The number of aliphatic imine (C=N–C) groups is 1. The quantitative estimate of drug-likeness (QED) is 0.245. The van der Waals surface area contributed by atoms with Crippen LogP contribution in [0.4, 0.5) is 5.69 Å². The van der Waals surface area contributed by atoms with Gasteiger partial charge in [0.05, 0.1) is 5.69 Å². The fourth-order valence-electron chi connectivity index (χ4n) is 2.15. The van der Waals surface area contributed by atoms with Gasteiger partial charge in [0.2, 0.25) is 5.90 Å². The summed E-state index contributed by atoms with van der Waals surface area (Å²) in [5.41, 5.74) is 1.27. The van der Waals surface area contributed by atoms with Crippen LogP contribution in [0.1, 0.15) is 5.56 Å². The van der Waals surface area contributed by atoms with Crippen molar-refractivity contribution < 1.29 is 9.84 Å². The van der Waals surface area contributed by atoms with Gasteiger partial charge < -0.3 is 9.84 Å². The second kappa shape index (κ2) is 8.59. The molecule has 0 saturated carbocycles. The van der Waals surface area contributed by atoms with E-state index in [1.165, 1.54) is 0 Å². The molecular formula is C19H10Cl5NO2. The molecule has 27 heavy (non-hydrogen) atoms. The lowest BCUT2D eigenvalue weighted by molar-refractivity contribution is 0.473. The van der Waals surface area contributed by atoms with Crippen molar-refractivity contribution in [1.82, 2.24) is 0 Å². The van der Waals surface area contributed by atoms with Crippen LogP contribution >= 0.6 is 58.0 Å². The number of phenols is 1. The molecule has 3 aromatic carbocycles. The van der Waals surface area contributed by atoms with Gasteiger partial charge in [-0.15, -0.1) is 0 Å². The van der Waals surface area contributed by atoms with Gasteiger partial charge in [-0.3, -0.25) is 0 Å². The van der Waals surface area contributed by atoms with E-state index in [9.17, 15) is 5.11 Å². The lowest BCUT2D eigenvalue weighted by Gasteiger charge is -2.15. The average molecular weight is 462 g/mol. The van der Waals surface area contributed by atoms with Crippen LogP contribution in [0.15, 0.2) is 59.6 Å². The minimum Gasteiger partial charge on any atom is -0.505 e. The highest BCUT2D eigenvalue weighted by Crippen LogP contribution is 2.49. The van der Waals surface area contributed by atoms with Crippen LogP contribution in [0, 0.1) is 0 Å². The SMILES string of the molecule is Oc1c(Cl)c(Cl)c(OC(=Nc2ccc(Cl)cc2)c2ccccc2)c(Cl)c1Cl. The van der Waals surface area contributed by atoms with Crippen LogP contribution in [-0.2, 0) is 0 Å². The van der Waals surface area contributed by atoms with Crippen LogP contribution in [0.3, 0.4) is 0 Å². The molecule has 1 N–H and O–H groups in total. The summed E-state index contributed by atoms with van der Waals surface area (Å²) in [5.74, 6) is -0.223. The Balaban J connectivity index is 2.12. The molecule has 0 heterocycles. The first-order valence-corrected chi connectivity index (χ1v) is 9.40. The van der Waals surface area contributed by atoms with Crippen molar-refractivity contribution in [2.45, 2.75) is 0 Å². The number of aromatic hydroxyl groups is 1. The van der Waals surface area contributed by atoms with Gasteiger partial charge in [-0.1, -0.05) is 76.2 Å².